The summed E-state index contributed by atoms with van der Waals surface area (Å²) in [5.74, 6) is -0.267. The Morgan fingerprint density at radius 3 is 2.41 bits per heavy atom. The van der Waals surface area contributed by atoms with Gasteiger partial charge in [-0.25, -0.2) is 9.59 Å². The first-order valence-corrected chi connectivity index (χ1v) is 6.34. The van der Waals surface area contributed by atoms with Gasteiger partial charge < -0.3 is 15.7 Å². The maximum absolute atomic E-state index is 11.7. The van der Waals surface area contributed by atoms with Crippen molar-refractivity contribution in [1.82, 2.24) is 10.6 Å². The molecule has 2 saturated carbocycles. The average molecular weight is 240 g/mol. The lowest BCUT2D eigenvalue weighted by Crippen LogP contribution is -2.61. The summed E-state index contributed by atoms with van der Waals surface area (Å²) in [6.45, 7) is 2.17. The van der Waals surface area contributed by atoms with E-state index in [1.807, 2.05) is 0 Å². The largest absolute Gasteiger partial charge is 0.480 e. The van der Waals surface area contributed by atoms with Crippen LogP contribution >= 0.6 is 0 Å². The van der Waals surface area contributed by atoms with Gasteiger partial charge in [-0.15, -0.1) is 0 Å². The maximum atomic E-state index is 11.7. The van der Waals surface area contributed by atoms with Crippen LogP contribution in [0.3, 0.4) is 0 Å². The van der Waals surface area contributed by atoms with Crippen LogP contribution in [-0.2, 0) is 4.79 Å². The number of carboxylic acids is 1. The van der Waals surface area contributed by atoms with Gasteiger partial charge in [0.2, 0.25) is 0 Å². The van der Waals surface area contributed by atoms with E-state index in [2.05, 4.69) is 17.6 Å². The molecular weight excluding hydrogens is 220 g/mol. The summed E-state index contributed by atoms with van der Waals surface area (Å²) < 4.78 is 0. The lowest BCUT2D eigenvalue weighted by atomic mass is 9.77. The van der Waals surface area contributed by atoms with Gasteiger partial charge in [0, 0.05) is 6.04 Å². The van der Waals surface area contributed by atoms with E-state index in [-0.39, 0.29) is 12.1 Å². The van der Waals surface area contributed by atoms with Crippen LogP contribution in [-0.4, -0.2) is 28.7 Å². The molecule has 2 amide bonds. The highest BCUT2D eigenvalue weighted by Crippen LogP contribution is 2.32. The van der Waals surface area contributed by atoms with E-state index in [9.17, 15) is 9.59 Å². The number of carbonyl (C=O) groups excluding carboxylic acids is 1. The summed E-state index contributed by atoms with van der Waals surface area (Å²) in [4.78, 5) is 22.8. The van der Waals surface area contributed by atoms with Crippen molar-refractivity contribution in [2.24, 2.45) is 5.92 Å². The minimum Gasteiger partial charge on any atom is -0.480 e. The Bertz CT molecular complexity index is 326. The first kappa shape index (κ1) is 12.2. The molecule has 0 aromatic carbocycles. The van der Waals surface area contributed by atoms with Crippen molar-refractivity contribution < 1.29 is 14.7 Å². The molecule has 3 N–H and O–H groups in total. The molecule has 0 radical (unpaired) electrons. The fourth-order valence-electron chi connectivity index (χ4n) is 2.70. The first-order valence-electron chi connectivity index (χ1n) is 6.34. The van der Waals surface area contributed by atoms with Gasteiger partial charge in [0.1, 0.15) is 5.54 Å². The molecule has 2 atom stereocenters. The Labute approximate surface area is 101 Å². The summed E-state index contributed by atoms with van der Waals surface area (Å²) in [5.41, 5.74) is -1.01. The molecule has 2 rings (SSSR count). The number of nitrogens with one attached hydrogen (secondary N) is 2. The van der Waals surface area contributed by atoms with Crippen molar-refractivity contribution in [3.63, 3.8) is 0 Å². The number of hydrogen-bond donors (Lipinski definition) is 3. The normalized spacial score (nSPS) is 30.4. The molecule has 96 valence electrons. The lowest BCUT2D eigenvalue weighted by molar-refractivity contribution is -0.148. The van der Waals surface area contributed by atoms with Crippen molar-refractivity contribution in [2.75, 3.05) is 0 Å². The molecule has 0 heterocycles. The molecule has 2 unspecified atom stereocenters. The van der Waals surface area contributed by atoms with Crippen LogP contribution in [0.2, 0.25) is 0 Å². The van der Waals surface area contributed by atoms with Gasteiger partial charge in [0.05, 0.1) is 0 Å². The molecule has 0 aliphatic heterocycles. The Morgan fingerprint density at radius 1 is 1.29 bits per heavy atom. The van der Waals surface area contributed by atoms with Crippen molar-refractivity contribution in [2.45, 2.75) is 57.0 Å². The van der Waals surface area contributed by atoms with Crippen molar-refractivity contribution in [3.8, 4) is 0 Å². The van der Waals surface area contributed by atoms with Crippen LogP contribution in [0.15, 0.2) is 0 Å². The van der Waals surface area contributed by atoms with E-state index in [4.69, 9.17) is 5.11 Å². The second-order valence-electron chi connectivity index (χ2n) is 5.45. The van der Waals surface area contributed by atoms with E-state index >= 15 is 0 Å². The highest BCUT2D eigenvalue weighted by atomic mass is 16.4. The highest BCUT2D eigenvalue weighted by Gasteiger charge is 2.45. The summed E-state index contributed by atoms with van der Waals surface area (Å²) in [6, 6.07) is -0.123. The second-order valence-corrected chi connectivity index (χ2v) is 5.45. The van der Waals surface area contributed by atoms with Gasteiger partial charge in [0.15, 0.2) is 0 Å². The summed E-state index contributed by atoms with van der Waals surface area (Å²) in [5, 5.41) is 14.6. The standard InChI is InChI=1S/C12H20N2O3/c1-8-3-4-9(7-8)13-11(17)14-12(10(15)16)5-2-6-12/h8-9H,2-7H2,1H3,(H,15,16)(H2,13,14,17). The van der Waals surface area contributed by atoms with E-state index in [1.54, 1.807) is 0 Å². The molecule has 0 bridgehead atoms. The van der Waals surface area contributed by atoms with E-state index in [1.165, 1.54) is 0 Å². The van der Waals surface area contributed by atoms with Crippen LogP contribution < -0.4 is 10.6 Å². The minimum atomic E-state index is -1.01. The van der Waals surface area contributed by atoms with Crippen molar-refractivity contribution in [1.29, 1.82) is 0 Å². The Kier molecular flexibility index (Phi) is 3.26. The van der Waals surface area contributed by atoms with Gasteiger partial charge in [0.25, 0.3) is 0 Å². The summed E-state index contributed by atoms with van der Waals surface area (Å²) in [7, 11) is 0. The number of aliphatic carboxylic acids is 1. The highest BCUT2D eigenvalue weighted by molar-refractivity contribution is 5.87. The van der Waals surface area contributed by atoms with E-state index < -0.39 is 11.5 Å². The Morgan fingerprint density at radius 2 is 2.00 bits per heavy atom. The van der Waals surface area contributed by atoms with Crippen LogP contribution in [0.5, 0.6) is 0 Å². The number of urea groups is 1. The van der Waals surface area contributed by atoms with Gasteiger partial charge in [-0.3, -0.25) is 0 Å². The Balaban J connectivity index is 1.82. The van der Waals surface area contributed by atoms with Crippen LogP contribution in [0, 0.1) is 5.92 Å². The SMILES string of the molecule is CC1CCC(NC(=O)NC2(C(=O)O)CCC2)C1. The molecule has 5 nitrogen and oxygen atoms in total. The molecule has 0 aromatic heterocycles. The molecule has 17 heavy (non-hydrogen) atoms. The van der Waals surface area contributed by atoms with Gasteiger partial charge in [-0.1, -0.05) is 6.92 Å². The summed E-state index contributed by atoms with van der Waals surface area (Å²) >= 11 is 0. The zero-order valence-electron chi connectivity index (χ0n) is 10.2. The molecule has 0 spiro atoms. The van der Waals surface area contributed by atoms with Crippen LogP contribution in [0.25, 0.3) is 0 Å². The number of carbonyl (C=O) groups is 2. The van der Waals surface area contributed by atoms with E-state index in [0.29, 0.717) is 18.8 Å². The predicted octanol–water partition coefficient (Wildman–Crippen LogP) is 1.48. The minimum absolute atomic E-state index is 0.205. The molecule has 2 fully saturated rings. The number of rotatable bonds is 3. The molecule has 5 heteroatoms. The third-order valence-corrected chi connectivity index (χ3v) is 4.00. The molecule has 2 aliphatic rings. The zero-order chi connectivity index (χ0) is 12.5. The number of amides is 2. The van der Waals surface area contributed by atoms with E-state index in [0.717, 1.165) is 25.7 Å². The quantitative estimate of drug-likeness (QED) is 0.699. The van der Waals surface area contributed by atoms with Crippen LogP contribution in [0.1, 0.15) is 45.4 Å². The predicted molar refractivity (Wildman–Crippen MR) is 62.7 cm³/mol. The van der Waals surface area contributed by atoms with Crippen molar-refractivity contribution >= 4 is 12.0 Å². The smallest absolute Gasteiger partial charge is 0.329 e. The summed E-state index contributed by atoms with van der Waals surface area (Å²) in [6.07, 6.45) is 5.07. The third-order valence-electron chi connectivity index (χ3n) is 4.00. The lowest BCUT2D eigenvalue weighted by Gasteiger charge is -2.38. The first-order chi connectivity index (χ1) is 8.02. The van der Waals surface area contributed by atoms with Gasteiger partial charge in [-0.05, 0) is 44.4 Å². The monoisotopic (exact) mass is 240 g/mol. The maximum Gasteiger partial charge on any atom is 0.329 e. The van der Waals surface area contributed by atoms with Crippen LogP contribution in [0.4, 0.5) is 4.79 Å². The molecular formula is C12H20N2O3. The molecule has 0 saturated heterocycles. The van der Waals surface area contributed by atoms with Crippen molar-refractivity contribution in [3.05, 3.63) is 0 Å². The zero-order valence-corrected chi connectivity index (χ0v) is 10.2. The number of carboxylic acid groups (broad SMARTS) is 1. The topological polar surface area (TPSA) is 78.4 Å². The third kappa shape index (κ3) is 2.53. The Hall–Kier alpha value is -1.26. The molecule has 0 aromatic rings. The fraction of sp³-hybridized carbons (Fsp3) is 0.833. The second kappa shape index (κ2) is 4.55. The van der Waals surface area contributed by atoms with Gasteiger partial charge in [-0.2, -0.15) is 0 Å². The molecule has 2 aliphatic carbocycles. The van der Waals surface area contributed by atoms with Gasteiger partial charge >= 0.3 is 12.0 Å². The fourth-order valence-corrected chi connectivity index (χ4v) is 2.70. The number of hydrogen-bond acceptors (Lipinski definition) is 2. The average Bonchev–Trinajstić information content (AvgIpc) is 2.57.